The Bertz CT molecular complexity index is 987. The maximum atomic E-state index is 12.5. The lowest BCUT2D eigenvalue weighted by atomic mass is 9.42. The molecule has 5 fully saturated rings. The topological polar surface area (TPSA) is 106 Å². The third-order valence-corrected chi connectivity index (χ3v) is 9.45. The average molecular weight is 477 g/mol. The SMILES string of the molecule is CO[C@H]1O[C@H](c2ccoc2)C[C@]12[C@H](C)[C@]1(OC(C)=O)OC[C@]3([C@@H]2CCC[C@]32CO2)[C@H]1OC(C)=O. The molecule has 1 aromatic heterocycles. The molecule has 9 heteroatoms. The van der Waals surface area contributed by atoms with Gasteiger partial charge in [-0.2, -0.15) is 0 Å². The van der Waals surface area contributed by atoms with E-state index in [4.69, 9.17) is 32.8 Å². The number of ether oxygens (including phenoxy) is 6. The monoisotopic (exact) mass is 476 g/mol. The molecule has 3 spiro atoms. The number of methoxy groups -OCH3 is 1. The fourth-order valence-electron chi connectivity index (χ4n) is 8.18. The second-order valence-corrected chi connectivity index (χ2v) is 10.6. The quantitative estimate of drug-likeness (QED) is 0.479. The first kappa shape index (κ1) is 22.5. The van der Waals surface area contributed by atoms with Crippen LogP contribution in [0, 0.1) is 22.7 Å². The average Bonchev–Trinajstić information content (AvgIpc) is 3.16. The van der Waals surface area contributed by atoms with E-state index in [1.165, 1.54) is 13.8 Å². The van der Waals surface area contributed by atoms with Gasteiger partial charge in [0.05, 0.1) is 37.3 Å². The summed E-state index contributed by atoms with van der Waals surface area (Å²) in [6, 6.07) is 1.90. The molecule has 0 unspecified atom stereocenters. The van der Waals surface area contributed by atoms with E-state index < -0.39 is 46.6 Å². The minimum atomic E-state index is -1.46. The van der Waals surface area contributed by atoms with E-state index in [0.717, 1.165) is 24.8 Å². The predicted molar refractivity (Wildman–Crippen MR) is 114 cm³/mol. The largest absolute Gasteiger partial charge is 0.472 e. The van der Waals surface area contributed by atoms with E-state index in [-0.39, 0.29) is 24.5 Å². The van der Waals surface area contributed by atoms with Crippen LogP contribution in [-0.4, -0.2) is 56.0 Å². The molecule has 3 aliphatic heterocycles. The van der Waals surface area contributed by atoms with Gasteiger partial charge in [-0.25, -0.2) is 0 Å². The van der Waals surface area contributed by atoms with Crippen molar-refractivity contribution in [1.82, 2.24) is 0 Å². The third kappa shape index (κ3) is 2.59. The molecule has 2 saturated carbocycles. The van der Waals surface area contributed by atoms with Crippen molar-refractivity contribution >= 4 is 11.9 Å². The fourth-order valence-corrected chi connectivity index (χ4v) is 8.18. The molecular weight excluding hydrogens is 444 g/mol. The summed E-state index contributed by atoms with van der Waals surface area (Å²) in [5.74, 6) is -2.77. The lowest BCUT2D eigenvalue weighted by Crippen LogP contribution is -2.73. The first-order valence-electron chi connectivity index (χ1n) is 12.1. The molecule has 34 heavy (non-hydrogen) atoms. The molecule has 0 amide bonds. The lowest BCUT2D eigenvalue weighted by Gasteiger charge is -2.63. The van der Waals surface area contributed by atoms with E-state index in [1.54, 1.807) is 19.6 Å². The first-order chi connectivity index (χ1) is 16.3. The molecular formula is C25H32O9. The summed E-state index contributed by atoms with van der Waals surface area (Å²) in [6.07, 6.45) is 5.06. The van der Waals surface area contributed by atoms with Gasteiger partial charge in [0.1, 0.15) is 5.60 Å². The van der Waals surface area contributed by atoms with Crippen molar-refractivity contribution in [1.29, 1.82) is 0 Å². The number of furan rings is 1. The summed E-state index contributed by atoms with van der Waals surface area (Å²) in [5, 5.41) is 0. The molecule has 3 saturated heterocycles. The minimum absolute atomic E-state index is 0.00336. The molecule has 0 radical (unpaired) electrons. The van der Waals surface area contributed by atoms with Gasteiger partial charge in [-0.1, -0.05) is 13.3 Å². The van der Waals surface area contributed by atoms with Crippen molar-refractivity contribution in [3.05, 3.63) is 24.2 Å². The summed E-state index contributed by atoms with van der Waals surface area (Å²) in [4.78, 5) is 24.9. The maximum absolute atomic E-state index is 12.5. The van der Waals surface area contributed by atoms with Crippen molar-refractivity contribution in [3.8, 4) is 0 Å². The van der Waals surface area contributed by atoms with Crippen LogP contribution in [0.3, 0.4) is 0 Å². The normalized spacial score (nSPS) is 48.6. The maximum Gasteiger partial charge on any atom is 0.305 e. The molecule has 0 N–H and O–H groups in total. The van der Waals surface area contributed by atoms with E-state index in [1.807, 2.05) is 13.0 Å². The molecule has 2 bridgehead atoms. The highest BCUT2D eigenvalue weighted by Crippen LogP contribution is 2.77. The Kier molecular flexibility index (Phi) is 4.83. The highest BCUT2D eigenvalue weighted by Gasteiger charge is 2.87. The third-order valence-electron chi connectivity index (χ3n) is 9.45. The van der Waals surface area contributed by atoms with Crippen LogP contribution in [0.1, 0.15) is 58.1 Å². The number of hydrogen-bond donors (Lipinski definition) is 0. The van der Waals surface area contributed by atoms with Crippen LogP contribution in [0.25, 0.3) is 0 Å². The van der Waals surface area contributed by atoms with Crippen LogP contribution in [0.5, 0.6) is 0 Å². The van der Waals surface area contributed by atoms with Gasteiger partial charge in [0.15, 0.2) is 12.4 Å². The van der Waals surface area contributed by atoms with E-state index in [2.05, 4.69) is 0 Å². The molecule has 0 aromatic carbocycles. The molecule has 9 nitrogen and oxygen atoms in total. The van der Waals surface area contributed by atoms with Crippen LogP contribution in [-0.2, 0) is 38.0 Å². The Hall–Kier alpha value is -1.94. The number of carbonyl (C=O) groups excluding carboxylic acids is 2. The highest BCUT2D eigenvalue weighted by atomic mass is 16.8. The van der Waals surface area contributed by atoms with Crippen molar-refractivity contribution in [2.24, 2.45) is 22.7 Å². The summed E-state index contributed by atoms with van der Waals surface area (Å²) in [5.41, 5.74) is -0.801. The van der Waals surface area contributed by atoms with Crippen molar-refractivity contribution < 1.29 is 42.4 Å². The zero-order valence-electron chi connectivity index (χ0n) is 20.0. The second-order valence-electron chi connectivity index (χ2n) is 10.6. The lowest BCUT2D eigenvalue weighted by molar-refractivity contribution is -0.332. The van der Waals surface area contributed by atoms with Crippen LogP contribution >= 0.6 is 0 Å². The van der Waals surface area contributed by atoms with Gasteiger partial charge in [-0.15, -0.1) is 0 Å². The molecule has 1 aromatic rings. The fraction of sp³-hybridized carbons (Fsp3) is 0.760. The highest BCUT2D eigenvalue weighted by molar-refractivity contribution is 5.68. The van der Waals surface area contributed by atoms with Gasteiger partial charge in [-0.05, 0) is 31.2 Å². The van der Waals surface area contributed by atoms with Crippen LogP contribution < -0.4 is 0 Å². The van der Waals surface area contributed by atoms with Crippen molar-refractivity contribution in [3.63, 3.8) is 0 Å². The zero-order valence-corrected chi connectivity index (χ0v) is 20.0. The number of rotatable bonds is 4. The predicted octanol–water partition coefficient (Wildman–Crippen LogP) is 3.13. The van der Waals surface area contributed by atoms with Gasteiger partial charge in [0.25, 0.3) is 5.79 Å². The van der Waals surface area contributed by atoms with Crippen molar-refractivity contribution in [2.75, 3.05) is 20.3 Å². The molecule has 2 aliphatic carbocycles. The number of esters is 2. The van der Waals surface area contributed by atoms with E-state index >= 15 is 0 Å². The van der Waals surface area contributed by atoms with Crippen LogP contribution in [0.2, 0.25) is 0 Å². The summed E-state index contributed by atoms with van der Waals surface area (Å²) in [7, 11) is 1.65. The van der Waals surface area contributed by atoms with Gasteiger partial charge in [0.2, 0.25) is 0 Å². The molecule has 5 aliphatic rings. The van der Waals surface area contributed by atoms with Crippen LogP contribution in [0.15, 0.2) is 23.0 Å². The number of fused-ring (bicyclic) bond motifs is 2. The Morgan fingerprint density at radius 1 is 1.15 bits per heavy atom. The van der Waals surface area contributed by atoms with Crippen molar-refractivity contribution in [2.45, 2.75) is 76.3 Å². The van der Waals surface area contributed by atoms with E-state index in [9.17, 15) is 9.59 Å². The summed E-state index contributed by atoms with van der Waals surface area (Å²) >= 11 is 0. The Morgan fingerprint density at radius 2 is 1.94 bits per heavy atom. The Balaban J connectivity index is 1.56. The Morgan fingerprint density at radius 3 is 2.56 bits per heavy atom. The molecule has 6 rings (SSSR count). The van der Waals surface area contributed by atoms with Gasteiger partial charge >= 0.3 is 11.9 Å². The summed E-state index contributed by atoms with van der Waals surface area (Å²) in [6.45, 7) is 5.60. The number of epoxide rings is 1. The molecule has 186 valence electrons. The van der Waals surface area contributed by atoms with Gasteiger partial charge in [0, 0.05) is 37.9 Å². The first-order valence-corrected chi connectivity index (χ1v) is 12.1. The minimum Gasteiger partial charge on any atom is -0.472 e. The number of carbonyl (C=O) groups is 2. The molecule has 4 heterocycles. The summed E-state index contributed by atoms with van der Waals surface area (Å²) < 4.78 is 42.7. The standard InChI is InChI=1S/C25H32O9/c1-14-23(10-18(33-21(23)28-4)17-7-9-29-11-17)19-6-5-8-22(12-30-22)24(19)13-31-25(14,34-16(3)27)20(24)32-15(2)26/h7,9,11,14,18-21H,5-6,8,10,12-13H2,1-4H3/t14-,18-,19+,20+,21-,22-,23+,24-,25+/m0/s1. The zero-order chi connectivity index (χ0) is 23.9. The Labute approximate surface area is 198 Å². The number of hydrogen-bond acceptors (Lipinski definition) is 9. The van der Waals surface area contributed by atoms with Gasteiger partial charge < -0.3 is 32.8 Å². The smallest absolute Gasteiger partial charge is 0.305 e. The second kappa shape index (κ2) is 7.29. The molecule has 9 atom stereocenters. The van der Waals surface area contributed by atoms with E-state index in [0.29, 0.717) is 13.0 Å². The van der Waals surface area contributed by atoms with Gasteiger partial charge in [-0.3, -0.25) is 9.59 Å². The van der Waals surface area contributed by atoms with Crippen LogP contribution in [0.4, 0.5) is 0 Å².